The molecule has 3 heteroatoms. The Kier molecular flexibility index (Phi) is 4.39. The summed E-state index contributed by atoms with van der Waals surface area (Å²) in [5, 5.41) is 0. The molecule has 0 bridgehead atoms. The second-order valence-corrected chi connectivity index (χ2v) is 6.10. The minimum absolute atomic E-state index is 0.214. The number of hydrogen-bond acceptors (Lipinski definition) is 3. The molecule has 112 valence electrons. The standard InChI is InChI=1S/C18H23NO2/c1-21-18(20)12-14-7-9-19-10-8-16(13-17(19)11-14)15-5-3-2-4-6-15/h2-6,12,16-17H,7-11,13H2,1H3/b14-12-. The normalized spacial score (nSPS) is 28.1. The number of hydrogen-bond donors (Lipinski definition) is 0. The number of esters is 1. The second kappa shape index (κ2) is 6.44. The smallest absolute Gasteiger partial charge is 0.330 e. The number of benzene rings is 1. The van der Waals surface area contributed by atoms with E-state index in [4.69, 9.17) is 4.74 Å². The Morgan fingerprint density at radius 3 is 2.86 bits per heavy atom. The predicted molar refractivity (Wildman–Crippen MR) is 83.1 cm³/mol. The van der Waals surface area contributed by atoms with E-state index in [0.717, 1.165) is 19.4 Å². The molecular formula is C18H23NO2. The average Bonchev–Trinajstić information content (AvgIpc) is 2.55. The molecule has 21 heavy (non-hydrogen) atoms. The Morgan fingerprint density at radius 2 is 2.10 bits per heavy atom. The number of rotatable bonds is 2. The summed E-state index contributed by atoms with van der Waals surface area (Å²) in [6, 6.07) is 11.4. The van der Waals surface area contributed by atoms with E-state index in [2.05, 4.69) is 35.2 Å². The van der Waals surface area contributed by atoms with Gasteiger partial charge in [-0.2, -0.15) is 0 Å². The van der Waals surface area contributed by atoms with Crippen molar-refractivity contribution in [1.29, 1.82) is 0 Å². The van der Waals surface area contributed by atoms with E-state index in [-0.39, 0.29) is 5.97 Å². The molecule has 2 unspecified atom stereocenters. The summed E-state index contributed by atoms with van der Waals surface area (Å²) in [7, 11) is 1.45. The fraction of sp³-hybridized carbons (Fsp3) is 0.500. The maximum absolute atomic E-state index is 11.4. The summed E-state index contributed by atoms with van der Waals surface area (Å²) in [5.74, 6) is 0.443. The fourth-order valence-corrected chi connectivity index (χ4v) is 3.68. The molecule has 3 nitrogen and oxygen atoms in total. The van der Waals surface area contributed by atoms with Crippen LogP contribution in [0.2, 0.25) is 0 Å². The lowest BCUT2D eigenvalue weighted by Crippen LogP contribution is -2.45. The third-order valence-electron chi connectivity index (χ3n) is 4.85. The van der Waals surface area contributed by atoms with Gasteiger partial charge in [0.25, 0.3) is 0 Å². The van der Waals surface area contributed by atoms with Crippen molar-refractivity contribution in [2.24, 2.45) is 0 Å². The van der Waals surface area contributed by atoms with Gasteiger partial charge in [0.05, 0.1) is 7.11 Å². The number of nitrogens with zero attached hydrogens (tertiary/aromatic N) is 1. The number of methoxy groups -OCH3 is 1. The molecule has 2 aliphatic rings. The van der Waals surface area contributed by atoms with Gasteiger partial charge >= 0.3 is 5.97 Å². The number of carbonyl (C=O) groups excluding carboxylic acids is 1. The Morgan fingerprint density at radius 1 is 1.29 bits per heavy atom. The molecule has 0 amide bonds. The Balaban J connectivity index is 1.68. The first-order chi connectivity index (χ1) is 10.3. The lowest BCUT2D eigenvalue weighted by Gasteiger charge is -2.43. The van der Waals surface area contributed by atoms with Crippen molar-refractivity contribution in [3.63, 3.8) is 0 Å². The lowest BCUT2D eigenvalue weighted by atomic mass is 9.81. The van der Waals surface area contributed by atoms with Gasteiger partial charge in [0.1, 0.15) is 0 Å². The van der Waals surface area contributed by atoms with Crippen LogP contribution >= 0.6 is 0 Å². The molecule has 2 heterocycles. The third-order valence-corrected chi connectivity index (χ3v) is 4.85. The van der Waals surface area contributed by atoms with Gasteiger partial charge < -0.3 is 4.74 Å². The van der Waals surface area contributed by atoms with E-state index in [0.29, 0.717) is 12.0 Å². The van der Waals surface area contributed by atoms with Crippen molar-refractivity contribution >= 4 is 5.97 Å². The van der Waals surface area contributed by atoms with Crippen LogP contribution in [0, 0.1) is 0 Å². The van der Waals surface area contributed by atoms with Gasteiger partial charge in [-0.3, -0.25) is 4.90 Å². The van der Waals surface area contributed by atoms with E-state index in [1.165, 1.54) is 37.6 Å². The van der Waals surface area contributed by atoms with E-state index >= 15 is 0 Å². The molecule has 0 N–H and O–H groups in total. The van der Waals surface area contributed by atoms with Gasteiger partial charge in [0.15, 0.2) is 0 Å². The van der Waals surface area contributed by atoms with Crippen LogP contribution in [0.3, 0.4) is 0 Å². The van der Waals surface area contributed by atoms with Crippen molar-refractivity contribution in [2.45, 2.75) is 37.6 Å². The monoisotopic (exact) mass is 285 g/mol. The molecule has 0 aromatic heterocycles. The van der Waals surface area contributed by atoms with Gasteiger partial charge in [-0.1, -0.05) is 35.9 Å². The zero-order valence-electron chi connectivity index (χ0n) is 12.6. The summed E-state index contributed by atoms with van der Waals surface area (Å²) in [4.78, 5) is 14.0. The minimum Gasteiger partial charge on any atom is -0.466 e. The van der Waals surface area contributed by atoms with Gasteiger partial charge in [0, 0.05) is 18.7 Å². The van der Waals surface area contributed by atoms with Crippen LogP contribution in [-0.2, 0) is 9.53 Å². The van der Waals surface area contributed by atoms with Crippen LogP contribution in [-0.4, -0.2) is 37.1 Å². The molecule has 2 aliphatic heterocycles. The minimum atomic E-state index is -0.214. The molecule has 0 saturated carbocycles. The third kappa shape index (κ3) is 3.35. The summed E-state index contributed by atoms with van der Waals surface area (Å²) in [6.07, 6.45) is 6.16. The SMILES string of the molecule is COC(=O)/C=C1/CCN2CCC(c3ccccc3)CC2C1. The molecule has 0 aliphatic carbocycles. The summed E-state index contributed by atoms with van der Waals surface area (Å²) in [6.45, 7) is 2.25. The fourth-order valence-electron chi connectivity index (χ4n) is 3.68. The first kappa shape index (κ1) is 14.3. The van der Waals surface area contributed by atoms with E-state index in [1.807, 2.05) is 0 Å². The van der Waals surface area contributed by atoms with E-state index in [1.54, 1.807) is 6.08 Å². The highest BCUT2D eigenvalue weighted by Crippen LogP contribution is 2.36. The van der Waals surface area contributed by atoms with Crippen LogP contribution in [0.15, 0.2) is 42.0 Å². The average molecular weight is 285 g/mol. The Hall–Kier alpha value is -1.61. The highest BCUT2D eigenvalue weighted by molar-refractivity contribution is 5.82. The first-order valence-electron chi connectivity index (χ1n) is 7.82. The van der Waals surface area contributed by atoms with Gasteiger partial charge in [0.2, 0.25) is 0 Å². The number of fused-ring (bicyclic) bond motifs is 1. The largest absolute Gasteiger partial charge is 0.466 e. The molecule has 2 atom stereocenters. The Bertz CT molecular complexity index is 523. The van der Waals surface area contributed by atoms with Crippen molar-refractivity contribution in [1.82, 2.24) is 4.90 Å². The number of ether oxygens (including phenoxy) is 1. The molecule has 2 fully saturated rings. The molecule has 1 aromatic carbocycles. The second-order valence-electron chi connectivity index (χ2n) is 6.10. The van der Waals surface area contributed by atoms with Crippen LogP contribution < -0.4 is 0 Å². The number of piperidine rings is 2. The molecule has 1 aromatic rings. The topological polar surface area (TPSA) is 29.5 Å². The van der Waals surface area contributed by atoms with Gasteiger partial charge in [-0.25, -0.2) is 4.79 Å². The van der Waals surface area contributed by atoms with Gasteiger partial charge in [-0.15, -0.1) is 0 Å². The molecule has 3 rings (SSSR count). The zero-order valence-corrected chi connectivity index (χ0v) is 12.6. The maximum atomic E-state index is 11.4. The van der Waals surface area contributed by atoms with Crippen molar-refractivity contribution in [3.8, 4) is 0 Å². The van der Waals surface area contributed by atoms with E-state index < -0.39 is 0 Å². The molecule has 0 spiro atoms. The van der Waals surface area contributed by atoms with Crippen molar-refractivity contribution < 1.29 is 9.53 Å². The van der Waals surface area contributed by atoms with E-state index in [9.17, 15) is 4.79 Å². The summed E-state index contributed by atoms with van der Waals surface area (Å²) in [5.41, 5.74) is 2.71. The maximum Gasteiger partial charge on any atom is 0.330 e. The molecule has 2 saturated heterocycles. The van der Waals surface area contributed by atoms with Crippen molar-refractivity contribution in [2.75, 3.05) is 20.2 Å². The summed E-state index contributed by atoms with van der Waals surface area (Å²) < 4.78 is 4.75. The van der Waals surface area contributed by atoms with Crippen LogP contribution in [0.4, 0.5) is 0 Å². The highest BCUT2D eigenvalue weighted by Gasteiger charge is 2.32. The predicted octanol–water partition coefficient (Wildman–Crippen LogP) is 3.13. The highest BCUT2D eigenvalue weighted by atomic mass is 16.5. The molecule has 0 radical (unpaired) electrons. The lowest BCUT2D eigenvalue weighted by molar-refractivity contribution is -0.134. The Labute approximate surface area is 126 Å². The van der Waals surface area contributed by atoms with Crippen LogP contribution in [0.5, 0.6) is 0 Å². The van der Waals surface area contributed by atoms with Crippen molar-refractivity contribution in [3.05, 3.63) is 47.5 Å². The molecular weight excluding hydrogens is 262 g/mol. The zero-order chi connectivity index (χ0) is 14.7. The quantitative estimate of drug-likeness (QED) is 0.617. The summed E-state index contributed by atoms with van der Waals surface area (Å²) >= 11 is 0. The first-order valence-corrected chi connectivity index (χ1v) is 7.82. The van der Waals surface area contributed by atoms with Crippen LogP contribution in [0.1, 0.15) is 37.2 Å². The van der Waals surface area contributed by atoms with Gasteiger partial charge in [-0.05, 0) is 43.7 Å². The van der Waals surface area contributed by atoms with Crippen LogP contribution in [0.25, 0.3) is 0 Å². The number of carbonyl (C=O) groups is 1.